The molecule has 2 aliphatic carbocycles. The van der Waals surface area contributed by atoms with Crippen LogP contribution in [0, 0.1) is 17.8 Å². The van der Waals surface area contributed by atoms with E-state index in [1.165, 1.54) is 25.7 Å². The van der Waals surface area contributed by atoms with Crippen LogP contribution in [-0.2, 0) is 9.47 Å². The molecule has 2 bridgehead atoms. The van der Waals surface area contributed by atoms with Crippen molar-refractivity contribution in [3.8, 4) is 0 Å². The summed E-state index contributed by atoms with van der Waals surface area (Å²) in [5.41, 5.74) is 0. The van der Waals surface area contributed by atoms with Crippen molar-refractivity contribution in [2.45, 2.75) is 51.9 Å². The zero-order valence-corrected chi connectivity index (χ0v) is 9.53. The molecular formula is C12H22O2. The van der Waals surface area contributed by atoms with E-state index in [4.69, 9.17) is 9.47 Å². The Bertz CT molecular complexity index is 191. The lowest BCUT2D eigenvalue weighted by atomic mass is 9.97. The van der Waals surface area contributed by atoms with Gasteiger partial charge in [0.05, 0.1) is 6.10 Å². The van der Waals surface area contributed by atoms with Gasteiger partial charge >= 0.3 is 0 Å². The lowest BCUT2D eigenvalue weighted by molar-refractivity contribution is -0.187. The molecule has 0 spiro atoms. The number of hydrogen-bond acceptors (Lipinski definition) is 2. The van der Waals surface area contributed by atoms with Crippen molar-refractivity contribution in [3.05, 3.63) is 0 Å². The van der Waals surface area contributed by atoms with Crippen molar-refractivity contribution in [1.29, 1.82) is 0 Å². The second-order valence-corrected chi connectivity index (χ2v) is 5.20. The Kier molecular flexibility index (Phi) is 3.13. The first-order valence-corrected chi connectivity index (χ1v) is 5.89. The lowest BCUT2D eigenvalue weighted by Gasteiger charge is -2.28. The van der Waals surface area contributed by atoms with Crippen LogP contribution in [0.25, 0.3) is 0 Å². The van der Waals surface area contributed by atoms with Gasteiger partial charge in [0.25, 0.3) is 0 Å². The predicted molar refractivity (Wildman–Crippen MR) is 56.0 cm³/mol. The summed E-state index contributed by atoms with van der Waals surface area (Å²) in [6.45, 7) is 4.31. The largest absolute Gasteiger partial charge is 0.356 e. The average Bonchev–Trinajstić information content (AvgIpc) is 2.74. The van der Waals surface area contributed by atoms with E-state index in [0.29, 0.717) is 12.0 Å². The van der Waals surface area contributed by atoms with Crippen LogP contribution in [0.5, 0.6) is 0 Å². The fraction of sp³-hybridized carbons (Fsp3) is 1.00. The molecule has 2 rings (SSSR count). The van der Waals surface area contributed by atoms with E-state index in [2.05, 4.69) is 13.8 Å². The van der Waals surface area contributed by atoms with Gasteiger partial charge in [-0.2, -0.15) is 0 Å². The molecule has 0 N–H and O–H groups in total. The van der Waals surface area contributed by atoms with Crippen LogP contribution in [0.4, 0.5) is 0 Å². The van der Waals surface area contributed by atoms with Crippen molar-refractivity contribution in [1.82, 2.24) is 0 Å². The van der Waals surface area contributed by atoms with Crippen LogP contribution in [0.3, 0.4) is 0 Å². The first-order chi connectivity index (χ1) is 6.70. The van der Waals surface area contributed by atoms with Crippen LogP contribution in [0.15, 0.2) is 0 Å². The fourth-order valence-corrected chi connectivity index (χ4v) is 3.01. The maximum Gasteiger partial charge on any atom is 0.159 e. The van der Waals surface area contributed by atoms with E-state index in [0.717, 1.165) is 11.8 Å². The molecule has 82 valence electrons. The van der Waals surface area contributed by atoms with Crippen molar-refractivity contribution >= 4 is 0 Å². The molecule has 2 saturated carbocycles. The summed E-state index contributed by atoms with van der Waals surface area (Å²) in [6, 6.07) is 0. The van der Waals surface area contributed by atoms with E-state index >= 15 is 0 Å². The number of methoxy groups -OCH3 is 1. The molecule has 14 heavy (non-hydrogen) atoms. The second kappa shape index (κ2) is 4.19. The van der Waals surface area contributed by atoms with E-state index < -0.39 is 0 Å². The van der Waals surface area contributed by atoms with Gasteiger partial charge in [-0.1, -0.05) is 13.8 Å². The third-order valence-corrected chi connectivity index (χ3v) is 3.76. The highest BCUT2D eigenvalue weighted by Crippen LogP contribution is 2.46. The van der Waals surface area contributed by atoms with Gasteiger partial charge in [-0.3, -0.25) is 0 Å². The van der Waals surface area contributed by atoms with E-state index in [-0.39, 0.29) is 6.29 Å². The normalized spacial score (nSPS) is 38.1. The Morgan fingerprint density at radius 2 is 1.93 bits per heavy atom. The molecule has 4 atom stereocenters. The maximum atomic E-state index is 6.03. The van der Waals surface area contributed by atoms with E-state index in [1.54, 1.807) is 7.11 Å². The Morgan fingerprint density at radius 1 is 1.14 bits per heavy atom. The molecule has 2 aliphatic rings. The van der Waals surface area contributed by atoms with E-state index in [1.807, 2.05) is 0 Å². The van der Waals surface area contributed by atoms with Crippen LogP contribution >= 0.6 is 0 Å². The lowest BCUT2D eigenvalue weighted by Crippen LogP contribution is -2.31. The second-order valence-electron chi connectivity index (χ2n) is 5.20. The average molecular weight is 198 g/mol. The number of ether oxygens (including phenoxy) is 2. The van der Waals surface area contributed by atoms with Gasteiger partial charge in [-0.25, -0.2) is 0 Å². The third-order valence-electron chi connectivity index (χ3n) is 3.76. The van der Waals surface area contributed by atoms with Crippen LogP contribution in [0.1, 0.15) is 39.5 Å². The molecule has 0 aromatic carbocycles. The van der Waals surface area contributed by atoms with Gasteiger partial charge < -0.3 is 9.47 Å². The van der Waals surface area contributed by atoms with Crippen LogP contribution < -0.4 is 0 Å². The topological polar surface area (TPSA) is 18.5 Å². The summed E-state index contributed by atoms with van der Waals surface area (Å²) in [5, 5.41) is 0. The first-order valence-electron chi connectivity index (χ1n) is 5.89. The van der Waals surface area contributed by atoms with Gasteiger partial charge in [0, 0.05) is 13.0 Å². The van der Waals surface area contributed by atoms with Gasteiger partial charge in [0.2, 0.25) is 0 Å². The minimum atomic E-state index is -0.000602. The summed E-state index contributed by atoms with van der Waals surface area (Å²) in [4.78, 5) is 0. The SMILES string of the molecule is COC(OC1CC2CCC1C2)C(C)C. The van der Waals surface area contributed by atoms with Gasteiger partial charge in [-0.15, -0.1) is 0 Å². The molecular weight excluding hydrogens is 176 g/mol. The Balaban J connectivity index is 1.85. The smallest absolute Gasteiger partial charge is 0.159 e. The minimum absolute atomic E-state index is 0.000602. The minimum Gasteiger partial charge on any atom is -0.356 e. The van der Waals surface area contributed by atoms with Crippen molar-refractivity contribution in [2.24, 2.45) is 17.8 Å². The van der Waals surface area contributed by atoms with Crippen molar-refractivity contribution in [2.75, 3.05) is 7.11 Å². The summed E-state index contributed by atoms with van der Waals surface area (Å²) in [7, 11) is 1.75. The number of hydrogen-bond donors (Lipinski definition) is 0. The highest BCUT2D eigenvalue weighted by atomic mass is 16.7. The highest BCUT2D eigenvalue weighted by Gasteiger charge is 2.41. The Morgan fingerprint density at radius 3 is 2.36 bits per heavy atom. The zero-order chi connectivity index (χ0) is 10.1. The summed E-state index contributed by atoms with van der Waals surface area (Å²) in [6.07, 6.45) is 5.98. The Hall–Kier alpha value is -0.0800. The standard InChI is InChI=1S/C12H22O2/c1-8(2)12(13-3)14-11-7-9-4-5-10(11)6-9/h8-12H,4-7H2,1-3H3. The zero-order valence-electron chi connectivity index (χ0n) is 9.53. The highest BCUT2D eigenvalue weighted by molar-refractivity contribution is 4.91. The summed E-state index contributed by atoms with van der Waals surface area (Å²) in [5.74, 6) is 2.24. The molecule has 0 radical (unpaired) electrons. The molecule has 0 heterocycles. The number of fused-ring (bicyclic) bond motifs is 2. The van der Waals surface area contributed by atoms with Gasteiger partial charge in [0.1, 0.15) is 0 Å². The van der Waals surface area contributed by atoms with E-state index in [9.17, 15) is 0 Å². The number of rotatable bonds is 4. The molecule has 0 aromatic rings. The summed E-state index contributed by atoms with van der Waals surface area (Å²) < 4.78 is 11.4. The molecule has 4 unspecified atom stereocenters. The van der Waals surface area contributed by atoms with Crippen LogP contribution in [0.2, 0.25) is 0 Å². The molecule has 0 saturated heterocycles. The Labute approximate surface area is 87.0 Å². The molecule has 2 heteroatoms. The van der Waals surface area contributed by atoms with Crippen molar-refractivity contribution in [3.63, 3.8) is 0 Å². The van der Waals surface area contributed by atoms with Gasteiger partial charge in [0.15, 0.2) is 6.29 Å². The first kappa shape index (κ1) is 10.4. The molecule has 0 aliphatic heterocycles. The fourth-order valence-electron chi connectivity index (χ4n) is 3.01. The molecule has 0 amide bonds. The molecule has 0 aromatic heterocycles. The third kappa shape index (κ3) is 1.96. The van der Waals surface area contributed by atoms with Crippen molar-refractivity contribution < 1.29 is 9.47 Å². The predicted octanol–water partition coefficient (Wildman–Crippen LogP) is 2.82. The monoisotopic (exact) mass is 198 g/mol. The summed E-state index contributed by atoms with van der Waals surface area (Å²) >= 11 is 0. The van der Waals surface area contributed by atoms with Gasteiger partial charge in [-0.05, 0) is 37.5 Å². The molecule has 2 fully saturated rings. The maximum absolute atomic E-state index is 6.03. The molecule has 2 nitrogen and oxygen atoms in total. The van der Waals surface area contributed by atoms with Crippen LogP contribution in [-0.4, -0.2) is 19.5 Å². The quantitative estimate of drug-likeness (QED) is 0.647.